The van der Waals surface area contributed by atoms with Crippen LogP contribution in [-0.4, -0.2) is 57.5 Å². The number of thioether (sulfide) groups is 1. The third kappa shape index (κ3) is 4.74. The van der Waals surface area contributed by atoms with Crippen LogP contribution in [-0.2, 0) is 0 Å². The Hall–Kier alpha value is -1.54. The lowest BCUT2D eigenvalue weighted by Crippen LogP contribution is -2.37. The van der Waals surface area contributed by atoms with E-state index in [1.807, 2.05) is 6.08 Å². The molecule has 0 bridgehead atoms. The summed E-state index contributed by atoms with van der Waals surface area (Å²) in [5, 5.41) is 21.2. The van der Waals surface area contributed by atoms with Crippen LogP contribution in [0.2, 0.25) is 0 Å². The second kappa shape index (κ2) is 6.70. The number of aliphatic hydroxyl groups is 1. The van der Waals surface area contributed by atoms with Crippen LogP contribution >= 0.6 is 11.8 Å². The molecule has 2 fully saturated rings. The van der Waals surface area contributed by atoms with Gasteiger partial charge in [0.05, 0.1) is 17.1 Å². The van der Waals surface area contributed by atoms with E-state index in [0.29, 0.717) is 18.9 Å². The molecule has 0 atom stereocenters. The van der Waals surface area contributed by atoms with Crippen molar-refractivity contribution in [3.8, 4) is 0 Å². The van der Waals surface area contributed by atoms with Crippen molar-refractivity contribution >= 4 is 28.9 Å². The molecule has 122 valence electrons. The number of carbonyl (C=O) groups is 2. The van der Waals surface area contributed by atoms with Crippen LogP contribution in [0.3, 0.4) is 0 Å². The number of piperidine rings is 1. The molecule has 3 N–H and O–H groups in total. The van der Waals surface area contributed by atoms with Gasteiger partial charge in [-0.1, -0.05) is 6.08 Å². The number of hydrogen-bond acceptors (Lipinski definition) is 5. The summed E-state index contributed by atoms with van der Waals surface area (Å²) in [6, 6.07) is 0. The topological polar surface area (TPSA) is 102 Å². The Kier molecular flexibility index (Phi) is 5.12. The van der Waals surface area contributed by atoms with E-state index in [2.05, 4.69) is 10.3 Å². The zero-order chi connectivity index (χ0) is 16.3. The third-order valence-corrected chi connectivity index (χ3v) is 4.31. The summed E-state index contributed by atoms with van der Waals surface area (Å²) < 4.78 is 0. The predicted molar refractivity (Wildman–Crippen MR) is 85.1 cm³/mol. The summed E-state index contributed by atoms with van der Waals surface area (Å²) >= 11 is 1.09. The van der Waals surface area contributed by atoms with Gasteiger partial charge in [0.1, 0.15) is 5.84 Å². The second-order valence-corrected chi connectivity index (χ2v) is 7.14. The fraction of sp³-hybridized carbons (Fsp3) is 0.643. The molecule has 2 amide bonds. The van der Waals surface area contributed by atoms with Crippen molar-refractivity contribution in [3.05, 3.63) is 11.0 Å². The molecule has 2 aliphatic rings. The van der Waals surface area contributed by atoms with E-state index in [4.69, 9.17) is 5.11 Å². The Morgan fingerprint density at radius 2 is 2.14 bits per heavy atom. The molecular formula is C14H21N3O4S. The van der Waals surface area contributed by atoms with Crippen LogP contribution < -0.4 is 5.32 Å². The highest BCUT2D eigenvalue weighted by atomic mass is 32.2. The first-order valence-electron chi connectivity index (χ1n) is 7.20. The van der Waals surface area contributed by atoms with E-state index < -0.39 is 11.7 Å². The summed E-state index contributed by atoms with van der Waals surface area (Å²) in [7, 11) is 0. The molecule has 0 aromatic heterocycles. The van der Waals surface area contributed by atoms with E-state index in [1.54, 1.807) is 13.8 Å². The van der Waals surface area contributed by atoms with Crippen LogP contribution in [0.5, 0.6) is 0 Å². The highest BCUT2D eigenvalue weighted by Crippen LogP contribution is 2.29. The molecule has 8 heteroatoms. The van der Waals surface area contributed by atoms with E-state index in [-0.39, 0.29) is 17.7 Å². The van der Waals surface area contributed by atoms with Crippen LogP contribution in [0.1, 0.15) is 26.7 Å². The van der Waals surface area contributed by atoms with Crippen molar-refractivity contribution in [1.82, 2.24) is 10.2 Å². The molecule has 0 saturated carbocycles. The Bertz CT molecular complexity index is 517. The van der Waals surface area contributed by atoms with E-state index in [9.17, 15) is 14.7 Å². The minimum absolute atomic E-state index is 0.177. The zero-order valence-electron chi connectivity index (χ0n) is 12.7. The number of nitrogens with zero attached hydrogens (tertiary/aromatic N) is 2. The summed E-state index contributed by atoms with van der Waals surface area (Å²) in [5.41, 5.74) is -0.928. The summed E-state index contributed by atoms with van der Waals surface area (Å²) in [6.45, 7) is 4.54. The molecule has 0 spiro atoms. The van der Waals surface area contributed by atoms with Gasteiger partial charge in [0.25, 0.3) is 5.24 Å². The van der Waals surface area contributed by atoms with Gasteiger partial charge in [-0.05, 0) is 44.4 Å². The SMILES string of the molecule is CC(C)(O)CN=C1NC(=O)SC1=CC1CCN(C(=O)O)CC1. The lowest BCUT2D eigenvalue weighted by atomic mass is 9.96. The van der Waals surface area contributed by atoms with E-state index in [1.165, 1.54) is 4.90 Å². The smallest absolute Gasteiger partial charge is 0.407 e. The number of carboxylic acid groups (broad SMARTS) is 1. The molecule has 2 aliphatic heterocycles. The summed E-state index contributed by atoms with van der Waals surface area (Å²) in [4.78, 5) is 28.9. The van der Waals surface area contributed by atoms with Gasteiger partial charge in [0.15, 0.2) is 0 Å². The monoisotopic (exact) mass is 327 g/mol. The first-order chi connectivity index (χ1) is 10.2. The molecule has 0 aromatic rings. The van der Waals surface area contributed by atoms with Crippen LogP contribution in [0, 0.1) is 5.92 Å². The van der Waals surface area contributed by atoms with E-state index in [0.717, 1.165) is 29.5 Å². The highest BCUT2D eigenvalue weighted by molar-refractivity contribution is 8.18. The first-order valence-corrected chi connectivity index (χ1v) is 8.02. The minimum Gasteiger partial charge on any atom is -0.465 e. The molecule has 2 heterocycles. The summed E-state index contributed by atoms with van der Waals surface area (Å²) in [5.74, 6) is 0.732. The first kappa shape index (κ1) is 16.8. The molecule has 2 saturated heterocycles. The van der Waals surface area contributed by atoms with Gasteiger partial charge in [-0.3, -0.25) is 9.79 Å². The Balaban J connectivity index is 2.03. The molecule has 7 nitrogen and oxygen atoms in total. The molecule has 22 heavy (non-hydrogen) atoms. The summed E-state index contributed by atoms with van der Waals surface area (Å²) in [6.07, 6.45) is 2.59. The molecular weight excluding hydrogens is 306 g/mol. The molecule has 0 aliphatic carbocycles. The maximum atomic E-state index is 11.6. The number of hydrogen-bond donors (Lipinski definition) is 3. The number of rotatable bonds is 3. The second-order valence-electron chi connectivity index (χ2n) is 6.13. The van der Waals surface area contributed by atoms with Gasteiger partial charge in [-0.15, -0.1) is 0 Å². The van der Waals surface area contributed by atoms with Crippen molar-refractivity contribution < 1.29 is 19.8 Å². The fourth-order valence-corrected chi connectivity index (χ4v) is 3.13. The number of nitrogens with one attached hydrogen (secondary N) is 1. The predicted octanol–water partition coefficient (Wildman–Crippen LogP) is 1.89. The van der Waals surface area contributed by atoms with Gasteiger partial charge < -0.3 is 20.4 Å². The number of likely N-dealkylation sites (tertiary alicyclic amines) is 1. The Morgan fingerprint density at radius 1 is 1.50 bits per heavy atom. The number of carbonyl (C=O) groups excluding carboxylic acids is 1. The van der Waals surface area contributed by atoms with Gasteiger partial charge in [-0.25, -0.2) is 4.79 Å². The van der Waals surface area contributed by atoms with Crippen molar-refractivity contribution in [3.63, 3.8) is 0 Å². The van der Waals surface area contributed by atoms with Crippen molar-refractivity contribution in [1.29, 1.82) is 0 Å². The van der Waals surface area contributed by atoms with Gasteiger partial charge in [-0.2, -0.15) is 0 Å². The van der Waals surface area contributed by atoms with Crippen LogP contribution in [0.15, 0.2) is 16.0 Å². The van der Waals surface area contributed by atoms with Crippen LogP contribution in [0.25, 0.3) is 0 Å². The van der Waals surface area contributed by atoms with Crippen molar-refractivity contribution in [2.24, 2.45) is 10.9 Å². The highest BCUT2D eigenvalue weighted by Gasteiger charge is 2.27. The van der Waals surface area contributed by atoms with E-state index >= 15 is 0 Å². The maximum Gasteiger partial charge on any atom is 0.407 e. The zero-order valence-corrected chi connectivity index (χ0v) is 13.5. The van der Waals surface area contributed by atoms with Gasteiger partial charge >= 0.3 is 6.09 Å². The lowest BCUT2D eigenvalue weighted by molar-refractivity contribution is 0.0904. The third-order valence-electron chi connectivity index (χ3n) is 3.48. The minimum atomic E-state index is -0.928. The average molecular weight is 327 g/mol. The standard InChI is InChI=1S/C14H21N3O4S/c1-14(2,21)8-15-11-10(22-12(18)16-11)7-9-3-5-17(6-4-9)13(19)20/h7,9,21H,3-6,8H2,1-2H3,(H,19,20)(H,15,16,18). The molecule has 2 rings (SSSR count). The van der Waals surface area contributed by atoms with Gasteiger partial charge in [0, 0.05) is 13.1 Å². The lowest BCUT2D eigenvalue weighted by Gasteiger charge is -2.28. The largest absolute Gasteiger partial charge is 0.465 e. The molecule has 0 radical (unpaired) electrons. The van der Waals surface area contributed by atoms with Crippen molar-refractivity contribution in [2.75, 3.05) is 19.6 Å². The van der Waals surface area contributed by atoms with Gasteiger partial charge in [0.2, 0.25) is 0 Å². The Labute approximate surface area is 133 Å². The number of allylic oxidation sites excluding steroid dienone is 1. The fourth-order valence-electron chi connectivity index (χ4n) is 2.31. The number of amides is 2. The Morgan fingerprint density at radius 3 is 2.68 bits per heavy atom. The normalized spacial score (nSPS) is 24.1. The van der Waals surface area contributed by atoms with Crippen molar-refractivity contribution in [2.45, 2.75) is 32.3 Å². The molecule has 0 aromatic carbocycles. The average Bonchev–Trinajstić information content (AvgIpc) is 2.76. The maximum absolute atomic E-state index is 11.6. The molecule has 0 unspecified atom stereocenters. The van der Waals surface area contributed by atoms with Crippen LogP contribution in [0.4, 0.5) is 9.59 Å². The quantitative estimate of drug-likeness (QED) is 0.734. The number of amidine groups is 1. The number of aliphatic imine (C=N–C) groups is 1.